The molecule has 5 nitrogen and oxygen atoms in total. The first-order valence-electron chi connectivity index (χ1n) is 4.97. The van der Waals surface area contributed by atoms with E-state index < -0.39 is 0 Å². The highest BCUT2D eigenvalue weighted by atomic mass is 16.5. The van der Waals surface area contributed by atoms with Crippen molar-refractivity contribution in [3.63, 3.8) is 0 Å². The summed E-state index contributed by atoms with van der Waals surface area (Å²) in [4.78, 5) is 3.97. The monoisotopic (exact) mass is 217 g/mol. The maximum atomic E-state index is 9.35. The first-order valence-corrected chi connectivity index (χ1v) is 4.97. The highest BCUT2D eigenvalue weighted by Gasteiger charge is 2.17. The summed E-state index contributed by atoms with van der Waals surface area (Å²) in [6, 6.07) is 5.83. The molecule has 0 unspecified atom stereocenters. The number of anilines is 1. The van der Waals surface area contributed by atoms with Crippen LogP contribution in [-0.2, 0) is 6.54 Å². The van der Waals surface area contributed by atoms with E-state index in [4.69, 9.17) is 4.74 Å². The summed E-state index contributed by atoms with van der Waals surface area (Å²) in [5.41, 5.74) is 2.13. The molecular formula is C11H11N3O2. The molecule has 0 aliphatic carbocycles. The minimum atomic E-state index is 0.0196. The second-order valence-corrected chi connectivity index (χ2v) is 3.64. The highest BCUT2D eigenvalue weighted by molar-refractivity contribution is 5.55. The Balaban J connectivity index is 2.17. The molecule has 0 bridgehead atoms. The second kappa shape index (κ2) is 3.16. The van der Waals surface area contributed by atoms with Gasteiger partial charge in [-0.05, 0) is 23.8 Å². The Morgan fingerprint density at radius 1 is 1.50 bits per heavy atom. The van der Waals surface area contributed by atoms with Crippen LogP contribution in [0, 0.1) is 0 Å². The predicted octanol–water partition coefficient (Wildman–Crippen LogP) is 1.51. The van der Waals surface area contributed by atoms with Gasteiger partial charge in [0, 0.05) is 6.54 Å². The molecule has 1 aromatic heterocycles. The van der Waals surface area contributed by atoms with E-state index in [0.29, 0.717) is 12.5 Å². The van der Waals surface area contributed by atoms with Crippen LogP contribution < -0.4 is 10.1 Å². The van der Waals surface area contributed by atoms with Crippen LogP contribution in [0.4, 0.5) is 5.95 Å². The number of imidazole rings is 1. The molecule has 0 amide bonds. The number of fused-ring (bicyclic) bond motifs is 3. The van der Waals surface area contributed by atoms with E-state index in [2.05, 4.69) is 10.3 Å². The van der Waals surface area contributed by atoms with Crippen molar-refractivity contribution in [2.45, 2.75) is 6.54 Å². The van der Waals surface area contributed by atoms with Crippen LogP contribution in [0.2, 0.25) is 0 Å². The molecule has 0 radical (unpaired) electrons. The van der Waals surface area contributed by atoms with Crippen LogP contribution in [0.15, 0.2) is 24.4 Å². The van der Waals surface area contributed by atoms with E-state index in [1.165, 1.54) is 0 Å². The molecule has 0 saturated carbocycles. The van der Waals surface area contributed by atoms with Gasteiger partial charge in [-0.25, -0.2) is 0 Å². The Bertz CT molecular complexity index is 548. The molecule has 1 aromatic carbocycles. The van der Waals surface area contributed by atoms with Gasteiger partial charge in [0.15, 0.2) is 0 Å². The second-order valence-electron chi connectivity index (χ2n) is 3.64. The van der Waals surface area contributed by atoms with Crippen molar-refractivity contribution in [2.75, 3.05) is 12.4 Å². The highest BCUT2D eigenvalue weighted by Crippen LogP contribution is 2.30. The molecule has 5 heteroatoms. The summed E-state index contributed by atoms with van der Waals surface area (Å²) in [6.45, 7) is 0.684. The molecule has 1 aliphatic heterocycles. The lowest BCUT2D eigenvalue weighted by Gasteiger charge is -2.19. The van der Waals surface area contributed by atoms with E-state index >= 15 is 0 Å². The quantitative estimate of drug-likeness (QED) is 0.760. The van der Waals surface area contributed by atoms with E-state index in [1.807, 2.05) is 22.8 Å². The van der Waals surface area contributed by atoms with Crippen molar-refractivity contribution in [3.05, 3.63) is 30.0 Å². The summed E-state index contributed by atoms with van der Waals surface area (Å²) in [5, 5.41) is 12.5. The molecule has 0 spiro atoms. The molecular weight excluding hydrogens is 206 g/mol. The van der Waals surface area contributed by atoms with E-state index in [0.717, 1.165) is 17.0 Å². The lowest BCUT2D eigenvalue weighted by molar-refractivity contribution is 0.414. The molecule has 82 valence electrons. The standard InChI is InChI=1S/C11H11N3O2/c1-16-8-2-3-9-7(4-8)5-12-11-13-10(15)6-14(9)11/h2-4,6,15H,5H2,1H3,(H,12,13). The van der Waals surface area contributed by atoms with Gasteiger partial charge in [0.1, 0.15) is 5.75 Å². The number of aromatic hydroxyl groups is 1. The molecule has 0 saturated heterocycles. The smallest absolute Gasteiger partial charge is 0.231 e. The summed E-state index contributed by atoms with van der Waals surface area (Å²) in [6.07, 6.45) is 1.59. The zero-order chi connectivity index (χ0) is 11.1. The Hall–Kier alpha value is -2.17. The summed E-state index contributed by atoms with van der Waals surface area (Å²) in [7, 11) is 1.65. The third-order valence-corrected chi connectivity index (χ3v) is 2.68. The Morgan fingerprint density at radius 2 is 2.38 bits per heavy atom. The number of methoxy groups -OCH3 is 1. The minimum Gasteiger partial charge on any atom is -0.497 e. The van der Waals surface area contributed by atoms with Crippen molar-refractivity contribution in [3.8, 4) is 17.3 Å². The number of ether oxygens (including phenoxy) is 1. The fourth-order valence-corrected chi connectivity index (χ4v) is 1.92. The molecule has 2 heterocycles. The van der Waals surface area contributed by atoms with Crippen molar-refractivity contribution in [1.29, 1.82) is 0 Å². The number of aromatic nitrogens is 2. The molecule has 3 rings (SSSR count). The zero-order valence-corrected chi connectivity index (χ0v) is 8.77. The van der Waals surface area contributed by atoms with Gasteiger partial charge in [0.05, 0.1) is 19.0 Å². The Kier molecular flexibility index (Phi) is 1.80. The number of hydrogen-bond acceptors (Lipinski definition) is 4. The Labute approximate surface area is 92.3 Å². The van der Waals surface area contributed by atoms with Gasteiger partial charge in [-0.15, -0.1) is 0 Å². The molecule has 0 atom stereocenters. The van der Waals surface area contributed by atoms with E-state index in [9.17, 15) is 5.11 Å². The van der Waals surface area contributed by atoms with E-state index in [-0.39, 0.29) is 5.88 Å². The van der Waals surface area contributed by atoms with Crippen molar-refractivity contribution < 1.29 is 9.84 Å². The Morgan fingerprint density at radius 3 is 3.19 bits per heavy atom. The van der Waals surface area contributed by atoms with Gasteiger partial charge in [-0.1, -0.05) is 0 Å². The maximum Gasteiger partial charge on any atom is 0.231 e. The third kappa shape index (κ3) is 1.21. The average molecular weight is 217 g/mol. The summed E-state index contributed by atoms with van der Waals surface area (Å²) in [5.74, 6) is 1.51. The number of nitrogens with zero attached hydrogens (tertiary/aromatic N) is 2. The van der Waals surface area contributed by atoms with Crippen LogP contribution in [0.25, 0.3) is 5.69 Å². The molecule has 2 aromatic rings. The minimum absolute atomic E-state index is 0.0196. The van der Waals surface area contributed by atoms with Crippen LogP contribution in [0.5, 0.6) is 11.6 Å². The van der Waals surface area contributed by atoms with Crippen LogP contribution in [0.1, 0.15) is 5.56 Å². The first kappa shape index (κ1) is 9.08. The maximum absolute atomic E-state index is 9.35. The lowest BCUT2D eigenvalue weighted by atomic mass is 10.1. The summed E-state index contributed by atoms with van der Waals surface area (Å²) >= 11 is 0. The molecule has 16 heavy (non-hydrogen) atoms. The third-order valence-electron chi connectivity index (χ3n) is 2.68. The number of nitrogens with one attached hydrogen (secondary N) is 1. The topological polar surface area (TPSA) is 59.3 Å². The average Bonchev–Trinajstić information content (AvgIpc) is 2.69. The number of benzene rings is 1. The lowest BCUT2D eigenvalue weighted by Crippen LogP contribution is -2.14. The normalized spacial score (nSPS) is 12.6. The van der Waals surface area contributed by atoms with Gasteiger partial charge in [-0.2, -0.15) is 4.98 Å². The fraction of sp³-hybridized carbons (Fsp3) is 0.182. The van der Waals surface area contributed by atoms with Crippen LogP contribution >= 0.6 is 0 Å². The molecule has 2 N–H and O–H groups in total. The first-order chi connectivity index (χ1) is 7.78. The van der Waals surface area contributed by atoms with Crippen LogP contribution in [0.3, 0.4) is 0 Å². The van der Waals surface area contributed by atoms with Crippen molar-refractivity contribution >= 4 is 5.95 Å². The number of hydrogen-bond donors (Lipinski definition) is 2. The molecule has 1 aliphatic rings. The number of rotatable bonds is 1. The van der Waals surface area contributed by atoms with Gasteiger partial charge in [-0.3, -0.25) is 4.57 Å². The van der Waals surface area contributed by atoms with Gasteiger partial charge >= 0.3 is 0 Å². The van der Waals surface area contributed by atoms with Crippen molar-refractivity contribution in [1.82, 2.24) is 9.55 Å². The summed E-state index contributed by atoms with van der Waals surface area (Å²) < 4.78 is 7.00. The van der Waals surface area contributed by atoms with Gasteiger partial charge < -0.3 is 15.2 Å². The molecule has 0 fully saturated rings. The predicted molar refractivity (Wildman–Crippen MR) is 59.1 cm³/mol. The largest absolute Gasteiger partial charge is 0.497 e. The SMILES string of the molecule is COc1ccc2c(c1)CNc1nc(O)cn1-2. The fourth-order valence-electron chi connectivity index (χ4n) is 1.92. The van der Waals surface area contributed by atoms with Gasteiger partial charge in [0.2, 0.25) is 11.8 Å². The van der Waals surface area contributed by atoms with Crippen molar-refractivity contribution in [2.24, 2.45) is 0 Å². The van der Waals surface area contributed by atoms with Gasteiger partial charge in [0.25, 0.3) is 0 Å². The van der Waals surface area contributed by atoms with E-state index in [1.54, 1.807) is 13.3 Å². The zero-order valence-electron chi connectivity index (χ0n) is 8.77. The van der Waals surface area contributed by atoms with Crippen LogP contribution in [-0.4, -0.2) is 21.8 Å².